The zero-order valence-electron chi connectivity index (χ0n) is 10.8. The maximum absolute atomic E-state index is 11.5. The molecule has 0 amide bonds. The van der Waals surface area contributed by atoms with Gasteiger partial charge in [0.05, 0.1) is 6.10 Å². The molecule has 0 spiro atoms. The average Bonchev–Trinajstić information content (AvgIpc) is 2.24. The lowest BCUT2D eigenvalue weighted by molar-refractivity contribution is -0.149. The second-order valence-corrected chi connectivity index (χ2v) is 5.35. The van der Waals surface area contributed by atoms with Gasteiger partial charge in [0.15, 0.2) is 0 Å². The zero-order valence-corrected chi connectivity index (χ0v) is 12.4. The second-order valence-electron chi connectivity index (χ2n) is 4.56. The van der Waals surface area contributed by atoms with Gasteiger partial charge in [-0.2, -0.15) is 0 Å². The number of hydrogen-bond acceptors (Lipinski definition) is 2. The Bertz CT molecular complexity index is 183. The molecule has 16 heavy (non-hydrogen) atoms. The van der Waals surface area contributed by atoms with E-state index in [0.717, 1.165) is 18.2 Å². The Morgan fingerprint density at radius 1 is 1.25 bits per heavy atom. The number of carbonyl (C=O) groups is 1. The third kappa shape index (κ3) is 9.20. The number of halogens is 1. The Morgan fingerprint density at radius 2 is 1.94 bits per heavy atom. The third-order valence-corrected chi connectivity index (χ3v) is 3.31. The zero-order chi connectivity index (χ0) is 12.4. The van der Waals surface area contributed by atoms with Crippen LogP contribution in [0.3, 0.4) is 0 Å². The molecule has 0 N–H and O–H groups in total. The number of ether oxygens (including phenoxy) is 1. The van der Waals surface area contributed by atoms with E-state index in [1.54, 1.807) is 0 Å². The van der Waals surface area contributed by atoms with E-state index < -0.39 is 0 Å². The first-order valence-corrected chi connectivity index (χ1v) is 7.47. The molecule has 0 aromatic rings. The first-order valence-electron chi connectivity index (χ1n) is 6.35. The summed E-state index contributed by atoms with van der Waals surface area (Å²) in [5, 5.41) is 1.08. The Labute approximate surface area is 108 Å². The summed E-state index contributed by atoms with van der Waals surface area (Å²) in [6.45, 7) is 6.10. The molecule has 0 heterocycles. The largest absolute Gasteiger partial charge is 0.463 e. The predicted octanol–water partition coefficient (Wildman–Crippen LogP) is 4.31. The van der Waals surface area contributed by atoms with Crippen molar-refractivity contribution in [3.05, 3.63) is 0 Å². The van der Waals surface area contributed by atoms with Crippen LogP contribution in [0.4, 0.5) is 0 Å². The normalized spacial score (nSPS) is 14.5. The lowest BCUT2D eigenvalue weighted by Gasteiger charge is -2.14. The SMILES string of the molecule is CCC(C)OC(=O)CC(C)CCCCCBr. The molecular weight excluding hydrogens is 268 g/mol. The van der Waals surface area contributed by atoms with Crippen LogP contribution in [-0.4, -0.2) is 17.4 Å². The van der Waals surface area contributed by atoms with E-state index >= 15 is 0 Å². The van der Waals surface area contributed by atoms with Crippen LogP contribution in [0.2, 0.25) is 0 Å². The number of unbranched alkanes of at least 4 members (excludes halogenated alkanes) is 2. The van der Waals surface area contributed by atoms with Crippen LogP contribution in [0.1, 0.15) is 59.3 Å². The molecule has 0 aromatic heterocycles. The van der Waals surface area contributed by atoms with Crippen molar-refractivity contribution in [2.24, 2.45) is 5.92 Å². The molecule has 0 aliphatic heterocycles. The fourth-order valence-corrected chi connectivity index (χ4v) is 1.90. The van der Waals surface area contributed by atoms with Gasteiger partial charge in [0.1, 0.15) is 0 Å². The van der Waals surface area contributed by atoms with Gasteiger partial charge < -0.3 is 4.74 Å². The maximum Gasteiger partial charge on any atom is 0.306 e. The highest BCUT2D eigenvalue weighted by Crippen LogP contribution is 2.14. The van der Waals surface area contributed by atoms with Gasteiger partial charge in [-0.25, -0.2) is 0 Å². The fourth-order valence-electron chi connectivity index (χ4n) is 1.51. The fraction of sp³-hybridized carbons (Fsp3) is 0.923. The van der Waals surface area contributed by atoms with Crippen LogP contribution in [0.5, 0.6) is 0 Å². The minimum atomic E-state index is -0.0395. The quantitative estimate of drug-likeness (QED) is 0.360. The van der Waals surface area contributed by atoms with Crippen molar-refractivity contribution in [2.45, 2.75) is 65.4 Å². The molecule has 2 unspecified atom stereocenters. The minimum absolute atomic E-state index is 0.0395. The smallest absolute Gasteiger partial charge is 0.306 e. The van der Waals surface area contributed by atoms with Crippen LogP contribution in [0.25, 0.3) is 0 Å². The van der Waals surface area contributed by atoms with Crippen molar-refractivity contribution >= 4 is 21.9 Å². The molecule has 0 saturated carbocycles. The molecule has 3 heteroatoms. The standard InChI is InChI=1S/C13H25BrO2/c1-4-12(3)16-13(15)10-11(2)8-6-5-7-9-14/h11-12H,4-10H2,1-3H3. The van der Waals surface area contributed by atoms with Crippen molar-refractivity contribution in [1.82, 2.24) is 0 Å². The van der Waals surface area contributed by atoms with Gasteiger partial charge in [-0.1, -0.05) is 49.0 Å². The summed E-state index contributed by atoms with van der Waals surface area (Å²) >= 11 is 3.42. The first-order chi connectivity index (χ1) is 7.60. The van der Waals surface area contributed by atoms with Crippen LogP contribution in [0, 0.1) is 5.92 Å². The highest BCUT2D eigenvalue weighted by atomic mass is 79.9. The summed E-state index contributed by atoms with van der Waals surface area (Å²) in [6.07, 6.45) is 6.34. The van der Waals surface area contributed by atoms with Crippen molar-refractivity contribution < 1.29 is 9.53 Å². The van der Waals surface area contributed by atoms with Crippen molar-refractivity contribution in [3.63, 3.8) is 0 Å². The number of alkyl halides is 1. The lowest BCUT2D eigenvalue weighted by Crippen LogP contribution is -2.16. The van der Waals surface area contributed by atoms with Gasteiger partial charge in [-0.15, -0.1) is 0 Å². The van der Waals surface area contributed by atoms with Crippen LogP contribution >= 0.6 is 15.9 Å². The molecule has 0 rings (SSSR count). The Morgan fingerprint density at radius 3 is 2.50 bits per heavy atom. The Hall–Kier alpha value is -0.0500. The van der Waals surface area contributed by atoms with Gasteiger partial charge in [0.2, 0.25) is 0 Å². The summed E-state index contributed by atoms with van der Waals surface area (Å²) in [6, 6.07) is 0. The molecule has 96 valence electrons. The highest BCUT2D eigenvalue weighted by Gasteiger charge is 2.12. The Balaban J connectivity index is 3.54. The summed E-state index contributed by atoms with van der Waals surface area (Å²) in [5.74, 6) is 0.411. The number of rotatable bonds is 9. The summed E-state index contributed by atoms with van der Waals surface area (Å²) in [4.78, 5) is 11.5. The summed E-state index contributed by atoms with van der Waals surface area (Å²) in [5.41, 5.74) is 0. The predicted molar refractivity (Wildman–Crippen MR) is 71.9 cm³/mol. The van der Waals surface area contributed by atoms with E-state index in [0.29, 0.717) is 12.3 Å². The van der Waals surface area contributed by atoms with Crippen LogP contribution in [-0.2, 0) is 9.53 Å². The molecule has 0 bridgehead atoms. The maximum atomic E-state index is 11.5. The molecule has 0 fully saturated rings. The molecular formula is C13H25BrO2. The van der Waals surface area contributed by atoms with Gasteiger partial charge in [-0.05, 0) is 25.7 Å². The number of esters is 1. The second kappa shape index (κ2) is 10.1. The molecule has 0 aliphatic rings. The molecule has 0 aliphatic carbocycles. The van der Waals surface area contributed by atoms with Gasteiger partial charge in [-0.3, -0.25) is 4.79 Å². The van der Waals surface area contributed by atoms with Crippen LogP contribution in [0.15, 0.2) is 0 Å². The van der Waals surface area contributed by atoms with E-state index in [9.17, 15) is 4.79 Å². The van der Waals surface area contributed by atoms with Crippen LogP contribution < -0.4 is 0 Å². The van der Waals surface area contributed by atoms with E-state index in [2.05, 4.69) is 22.9 Å². The molecule has 2 nitrogen and oxygen atoms in total. The van der Waals surface area contributed by atoms with Crippen molar-refractivity contribution in [2.75, 3.05) is 5.33 Å². The molecule has 0 saturated heterocycles. The highest BCUT2D eigenvalue weighted by molar-refractivity contribution is 9.09. The van der Waals surface area contributed by atoms with E-state index in [1.807, 2.05) is 13.8 Å². The molecule has 0 aromatic carbocycles. The van der Waals surface area contributed by atoms with E-state index in [4.69, 9.17) is 4.74 Å². The Kier molecular flexibility index (Phi) is 10.1. The molecule has 2 atom stereocenters. The summed E-state index contributed by atoms with van der Waals surface area (Å²) < 4.78 is 5.25. The van der Waals surface area contributed by atoms with Crippen molar-refractivity contribution in [1.29, 1.82) is 0 Å². The van der Waals surface area contributed by atoms with Gasteiger partial charge >= 0.3 is 5.97 Å². The van der Waals surface area contributed by atoms with E-state index in [1.165, 1.54) is 19.3 Å². The van der Waals surface area contributed by atoms with Crippen molar-refractivity contribution in [3.8, 4) is 0 Å². The minimum Gasteiger partial charge on any atom is -0.463 e. The number of carbonyl (C=O) groups excluding carboxylic acids is 1. The summed E-state index contributed by atoms with van der Waals surface area (Å²) in [7, 11) is 0. The first kappa shape index (κ1) is 16.0. The molecule has 0 radical (unpaired) electrons. The lowest BCUT2D eigenvalue weighted by atomic mass is 10.0. The third-order valence-electron chi connectivity index (χ3n) is 2.75. The van der Waals surface area contributed by atoms with Gasteiger partial charge in [0.25, 0.3) is 0 Å². The average molecular weight is 293 g/mol. The van der Waals surface area contributed by atoms with E-state index in [-0.39, 0.29) is 12.1 Å². The monoisotopic (exact) mass is 292 g/mol. The topological polar surface area (TPSA) is 26.3 Å². The van der Waals surface area contributed by atoms with Gasteiger partial charge in [0, 0.05) is 11.8 Å². The number of hydrogen-bond donors (Lipinski definition) is 0.